The quantitative estimate of drug-likeness (QED) is 0.604. The smallest absolute Gasteiger partial charge is 0.118 e. The molecule has 2 heterocycles. The number of aliphatic imine (C=N–C) groups is 1. The van der Waals surface area contributed by atoms with Gasteiger partial charge in [-0.15, -0.1) is 0 Å². The fourth-order valence-corrected chi connectivity index (χ4v) is 1.85. The minimum absolute atomic E-state index is 0.266. The first-order valence-electron chi connectivity index (χ1n) is 5.80. The summed E-state index contributed by atoms with van der Waals surface area (Å²) in [4.78, 5) is 8.76. The number of nitrogens with zero attached hydrogens (tertiary/aromatic N) is 2. The van der Waals surface area contributed by atoms with Crippen LogP contribution >= 0.6 is 0 Å². The molecule has 0 bridgehead atoms. The Bertz CT molecular complexity index is 513. The van der Waals surface area contributed by atoms with E-state index in [-0.39, 0.29) is 5.41 Å². The molecule has 0 atom stereocenters. The number of aromatic nitrogens is 1. The standard InChI is InChI=1S/C14H14N2/c1-14(7-8-14)6-4-12-11-3-2-9-15-13(11)5-10-16-12/h5,9-10H,2-3,7-8H2,1H3. The maximum absolute atomic E-state index is 4.38. The molecule has 0 radical (unpaired) electrons. The molecule has 2 aliphatic rings. The lowest BCUT2D eigenvalue weighted by molar-refractivity contribution is 0.782. The molecule has 0 spiro atoms. The molecule has 0 aromatic carbocycles. The van der Waals surface area contributed by atoms with Gasteiger partial charge in [-0.05, 0) is 44.6 Å². The normalized spacial score (nSPS) is 19.6. The Morgan fingerprint density at radius 1 is 1.38 bits per heavy atom. The molecule has 80 valence electrons. The van der Waals surface area contributed by atoms with Crippen LogP contribution in [0.5, 0.6) is 0 Å². The van der Waals surface area contributed by atoms with Crippen LogP contribution in [0.25, 0.3) is 0 Å². The molecule has 1 fully saturated rings. The van der Waals surface area contributed by atoms with Crippen molar-refractivity contribution in [3.05, 3.63) is 23.5 Å². The first-order valence-corrected chi connectivity index (χ1v) is 5.80. The molecule has 2 heteroatoms. The first-order chi connectivity index (χ1) is 7.77. The maximum Gasteiger partial charge on any atom is 0.118 e. The molecule has 0 amide bonds. The summed E-state index contributed by atoms with van der Waals surface area (Å²) >= 11 is 0. The highest BCUT2D eigenvalue weighted by Crippen LogP contribution is 2.44. The predicted octanol–water partition coefficient (Wildman–Crippen LogP) is 2.88. The molecule has 0 unspecified atom stereocenters. The van der Waals surface area contributed by atoms with Crippen molar-refractivity contribution in [2.75, 3.05) is 0 Å². The number of fused-ring (bicyclic) bond motifs is 1. The van der Waals surface area contributed by atoms with Crippen LogP contribution in [-0.2, 0) is 6.42 Å². The fourth-order valence-electron chi connectivity index (χ4n) is 1.85. The van der Waals surface area contributed by atoms with Crippen LogP contribution in [0.15, 0.2) is 17.3 Å². The van der Waals surface area contributed by atoms with Crippen molar-refractivity contribution >= 4 is 11.9 Å². The number of hydrogen-bond donors (Lipinski definition) is 0. The summed E-state index contributed by atoms with van der Waals surface area (Å²) in [6.07, 6.45) is 8.26. The third-order valence-electron chi connectivity index (χ3n) is 3.27. The second-order valence-electron chi connectivity index (χ2n) is 4.82. The molecule has 1 aliphatic heterocycles. The monoisotopic (exact) mass is 210 g/mol. The number of pyridine rings is 1. The molecular formula is C14H14N2. The first kappa shape index (κ1) is 9.59. The minimum atomic E-state index is 0.266. The van der Waals surface area contributed by atoms with Gasteiger partial charge >= 0.3 is 0 Å². The van der Waals surface area contributed by atoms with Crippen LogP contribution < -0.4 is 0 Å². The average molecular weight is 210 g/mol. The van der Waals surface area contributed by atoms with Gasteiger partial charge in [-0.25, -0.2) is 4.98 Å². The maximum atomic E-state index is 4.38. The number of rotatable bonds is 0. The molecular weight excluding hydrogens is 196 g/mol. The molecule has 1 aliphatic carbocycles. The summed E-state index contributed by atoms with van der Waals surface area (Å²) in [6.45, 7) is 2.22. The summed E-state index contributed by atoms with van der Waals surface area (Å²) < 4.78 is 0. The van der Waals surface area contributed by atoms with Gasteiger partial charge in [0, 0.05) is 23.4 Å². The van der Waals surface area contributed by atoms with Crippen LogP contribution in [0.2, 0.25) is 0 Å². The van der Waals surface area contributed by atoms with Crippen LogP contribution in [0, 0.1) is 17.3 Å². The molecule has 1 saturated carbocycles. The van der Waals surface area contributed by atoms with Gasteiger partial charge in [-0.3, -0.25) is 4.99 Å². The molecule has 0 saturated heterocycles. The zero-order chi connectivity index (χ0) is 11.0. The Morgan fingerprint density at radius 2 is 2.25 bits per heavy atom. The van der Waals surface area contributed by atoms with Crippen LogP contribution in [0.4, 0.5) is 5.69 Å². The minimum Gasteiger partial charge on any atom is -0.261 e. The molecule has 0 N–H and O–H groups in total. The highest BCUT2D eigenvalue weighted by Gasteiger charge is 2.35. The molecule has 1 aromatic rings. The summed E-state index contributed by atoms with van der Waals surface area (Å²) in [6, 6.07) is 1.97. The Labute approximate surface area is 95.8 Å². The Morgan fingerprint density at radius 3 is 3.06 bits per heavy atom. The number of hydrogen-bond acceptors (Lipinski definition) is 2. The van der Waals surface area contributed by atoms with E-state index in [0.29, 0.717) is 0 Å². The zero-order valence-electron chi connectivity index (χ0n) is 9.45. The third-order valence-corrected chi connectivity index (χ3v) is 3.27. The van der Waals surface area contributed by atoms with Crippen molar-refractivity contribution < 1.29 is 0 Å². The van der Waals surface area contributed by atoms with E-state index in [1.165, 1.54) is 18.4 Å². The average Bonchev–Trinajstić information content (AvgIpc) is 3.05. The van der Waals surface area contributed by atoms with Crippen LogP contribution in [0.3, 0.4) is 0 Å². The van der Waals surface area contributed by atoms with E-state index >= 15 is 0 Å². The highest BCUT2D eigenvalue weighted by atomic mass is 14.8. The van der Waals surface area contributed by atoms with Crippen molar-refractivity contribution in [2.45, 2.75) is 32.6 Å². The van der Waals surface area contributed by atoms with E-state index in [1.807, 2.05) is 12.3 Å². The van der Waals surface area contributed by atoms with Crippen molar-refractivity contribution in [3.63, 3.8) is 0 Å². The largest absolute Gasteiger partial charge is 0.261 e. The molecule has 3 rings (SSSR count). The van der Waals surface area contributed by atoms with Crippen molar-refractivity contribution in [1.82, 2.24) is 4.98 Å². The van der Waals surface area contributed by atoms with Gasteiger partial charge in [-0.2, -0.15) is 0 Å². The summed E-state index contributed by atoms with van der Waals surface area (Å²) in [5.74, 6) is 6.58. The van der Waals surface area contributed by atoms with E-state index in [2.05, 4.69) is 28.7 Å². The van der Waals surface area contributed by atoms with Gasteiger partial charge in [0.2, 0.25) is 0 Å². The molecule has 16 heavy (non-hydrogen) atoms. The van der Waals surface area contributed by atoms with Crippen molar-refractivity contribution in [3.8, 4) is 11.8 Å². The predicted molar refractivity (Wildman–Crippen MR) is 64.9 cm³/mol. The molecule has 1 aromatic heterocycles. The Kier molecular flexibility index (Phi) is 2.07. The Hall–Kier alpha value is -1.62. The topological polar surface area (TPSA) is 25.2 Å². The summed E-state index contributed by atoms with van der Waals surface area (Å²) in [5, 5.41) is 0. The van der Waals surface area contributed by atoms with E-state index < -0.39 is 0 Å². The van der Waals surface area contributed by atoms with Crippen LogP contribution in [-0.4, -0.2) is 11.2 Å². The van der Waals surface area contributed by atoms with E-state index in [1.54, 1.807) is 6.20 Å². The molecule has 2 nitrogen and oxygen atoms in total. The SMILES string of the molecule is CC1(C#Cc2nccc3c2CCC=N3)CC1. The summed E-state index contributed by atoms with van der Waals surface area (Å²) in [5.41, 5.74) is 3.47. The highest BCUT2D eigenvalue weighted by molar-refractivity contribution is 5.70. The van der Waals surface area contributed by atoms with Crippen LogP contribution in [0.1, 0.15) is 37.4 Å². The van der Waals surface area contributed by atoms with Gasteiger partial charge < -0.3 is 0 Å². The van der Waals surface area contributed by atoms with Gasteiger partial charge in [0.15, 0.2) is 0 Å². The van der Waals surface area contributed by atoms with E-state index in [4.69, 9.17) is 0 Å². The van der Waals surface area contributed by atoms with Gasteiger partial charge in [0.1, 0.15) is 5.69 Å². The zero-order valence-corrected chi connectivity index (χ0v) is 9.45. The van der Waals surface area contributed by atoms with Gasteiger partial charge in [-0.1, -0.05) is 5.92 Å². The lowest BCUT2D eigenvalue weighted by Gasteiger charge is -2.10. The van der Waals surface area contributed by atoms with Crippen molar-refractivity contribution in [2.24, 2.45) is 10.4 Å². The van der Waals surface area contributed by atoms with Gasteiger partial charge in [0.05, 0.1) is 5.69 Å². The Balaban J connectivity index is 2.00. The van der Waals surface area contributed by atoms with Gasteiger partial charge in [0.25, 0.3) is 0 Å². The second-order valence-corrected chi connectivity index (χ2v) is 4.82. The fraction of sp³-hybridized carbons (Fsp3) is 0.429. The lowest BCUT2D eigenvalue weighted by atomic mass is 10.0. The lowest BCUT2D eigenvalue weighted by Crippen LogP contribution is -1.99. The van der Waals surface area contributed by atoms with Crippen molar-refractivity contribution in [1.29, 1.82) is 0 Å². The van der Waals surface area contributed by atoms with E-state index in [0.717, 1.165) is 24.2 Å². The third kappa shape index (κ3) is 1.74. The summed E-state index contributed by atoms with van der Waals surface area (Å²) in [7, 11) is 0. The second kappa shape index (κ2) is 3.45. The van der Waals surface area contributed by atoms with E-state index in [9.17, 15) is 0 Å².